The molecular formula is C29H43N3O3. The fourth-order valence-corrected chi connectivity index (χ4v) is 5.42. The van der Waals surface area contributed by atoms with Crippen molar-refractivity contribution in [2.75, 3.05) is 6.61 Å². The molecule has 0 amide bonds. The number of carbonyl (C=O) groups is 1. The zero-order valence-electron chi connectivity index (χ0n) is 21.9. The Hall–Kier alpha value is -2.21. The number of aromatic nitrogens is 3. The van der Waals surface area contributed by atoms with Gasteiger partial charge in [0.1, 0.15) is 0 Å². The molecule has 0 unspecified atom stereocenters. The summed E-state index contributed by atoms with van der Waals surface area (Å²) >= 11 is 0. The molecule has 2 fully saturated rings. The molecule has 6 heteroatoms. The Labute approximate surface area is 210 Å². The van der Waals surface area contributed by atoms with Crippen molar-refractivity contribution in [3.63, 3.8) is 0 Å². The van der Waals surface area contributed by atoms with E-state index in [4.69, 9.17) is 4.74 Å². The predicted molar refractivity (Wildman–Crippen MR) is 137 cm³/mol. The highest BCUT2D eigenvalue weighted by atomic mass is 16.5. The second-order valence-corrected chi connectivity index (χ2v) is 11.9. The van der Waals surface area contributed by atoms with Gasteiger partial charge in [-0.1, -0.05) is 63.2 Å². The summed E-state index contributed by atoms with van der Waals surface area (Å²) in [6, 6.07) is 10.6. The molecule has 35 heavy (non-hydrogen) atoms. The maximum absolute atomic E-state index is 11.7. The smallest absolute Gasteiger partial charge is 0.304 e. The van der Waals surface area contributed by atoms with Gasteiger partial charge in [-0.25, -0.2) is 4.68 Å². The average Bonchev–Trinajstić information content (AvgIpc) is 3.54. The Bertz CT molecular complexity index is 959. The Morgan fingerprint density at radius 2 is 1.91 bits per heavy atom. The molecule has 1 aromatic carbocycles. The normalized spacial score (nSPS) is 21.2. The molecule has 2 aromatic rings. The molecule has 1 N–H and O–H groups in total. The molecule has 1 atom stereocenters. The number of aliphatic carboxylic acids is 1. The van der Waals surface area contributed by atoms with Gasteiger partial charge in [0.2, 0.25) is 0 Å². The molecule has 0 aliphatic heterocycles. The van der Waals surface area contributed by atoms with Gasteiger partial charge >= 0.3 is 5.97 Å². The summed E-state index contributed by atoms with van der Waals surface area (Å²) in [4.78, 5) is 11.7. The summed E-state index contributed by atoms with van der Waals surface area (Å²) in [6.45, 7) is 10.6. The van der Waals surface area contributed by atoms with Gasteiger partial charge in [-0.2, -0.15) is 0 Å². The minimum absolute atomic E-state index is 0.104. The average molecular weight is 482 g/mol. The summed E-state index contributed by atoms with van der Waals surface area (Å²) in [5.41, 5.74) is 3.68. The van der Waals surface area contributed by atoms with E-state index in [1.54, 1.807) is 0 Å². The van der Waals surface area contributed by atoms with Crippen LogP contribution in [0.3, 0.4) is 0 Å². The van der Waals surface area contributed by atoms with Gasteiger partial charge in [-0.15, -0.1) is 5.10 Å². The molecule has 6 nitrogen and oxygen atoms in total. The van der Waals surface area contributed by atoms with Gasteiger partial charge in [0.15, 0.2) is 0 Å². The van der Waals surface area contributed by atoms with Crippen LogP contribution >= 0.6 is 0 Å². The van der Waals surface area contributed by atoms with Gasteiger partial charge in [0.25, 0.3) is 0 Å². The van der Waals surface area contributed by atoms with E-state index in [1.807, 2.05) is 18.2 Å². The van der Waals surface area contributed by atoms with Crippen LogP contribution in [0.1, 0.15) is 114 Å². The van der Waals surface area contributed by atoms with E-state index in [1.165, 1.54) is 12.1 Å². The van der Waals surface area contributed by atoms with Gasteiger partial charge in [0.05, 0.1) is 30.5 Å². The van der Waals surface area contributed by atoms with E-state index in [0.717, 1.165) is 55.7 Å². The summed E-state index contributed by atoms with van der Waals surface area (Å²) in [5, 5.41) is 18.9. The Kier molecular flexibility index (Phi) is 8.31. The maximum atomic E-state index is 11.7. The van der Waals surface area contributed by atoms with E-state index in [-0.39, 0.29) is 12.3 Å². The number of benzene rings is 1. The van der Waals surface area contributed by atoms with Crippen LogP contribution in [0.4, 0.5) is 0 Å². The largest absolute Gasteiger partial charge is 0.481 e. The van der Waals surface area contributed by atoms with Crippen LogP contribution < -0.4 is 0 Å². The molecule has 2 aliphatic rings. The van der Waals surface area contributed by atoms with Crippen LogP contribution in [-0.4, -0.2) is 32.7 Å². The van der Waals surface area contributed by atoms with Crippen molar-refractivity contribution < 1.29 is 14.6 Å². The Morgan fingerprint density at radius 3 is 2.54 bits per heavy atom. The van der Waals surface area contributed by atoms with E-state index in [9.17, 15) is 9.90 Å². The number of nitrogens with zero attached hydrogens (tertiary/aromatic N) is 3. The molecule has 2 saturated carbocycles. The van der Waals surface area contributed by atoms with Crippen LogP contribution in [0.2, 0.25) is 0 Å². The van der Waals surface area contributed by atoms with Crippen molar-refractivity contribution in [3.05, 3.63) is 47.3 Å². The summed E-state index contributed by atoms with van der Waals surface area (Å²) < 4.78 is 8.04. The van der Waals surface area contributed by atoms with Crippen molar-refractivity contribution in [2.45, 2.75) is 104 Å². The van der Waals surface area contributed by atoms with Crippen molar-refractivity contribution in [3.8, 4) is 0 Å². The standard InChI is InChI=1S/C29H43N3O3/c1-20(2)29(3,4)18-22-15-25(16-22)32-28(23-12-13-23)27(30-31-32)24(17-26(33)34)11-8-14-35-19-21-9-6-5-7-10-21/h5-7,9-10,20,22-25H,8,11-19H2,1-4H3,(H,33,34)/t22?,24-,25?/m0/s1. The van der Waals surface area contributed by atoms with Crippen LogP contribution in [0.5, 0.6) is 0 Å². The minimum atomic E-state index is -0.767. The number of hydrogen-bond donors (Lipinski definition) is 1. The van der Waals surface area contributed by atoms with Crippen LogP contribution in [0, 0.1) is 17.3 Å². The molecule has 0 spiro atoms. The lowest BCUT2D eigenvalue weighted by molar-refractivity contribution is -0.137. The number of carboxylic acid groups (broad SMARTS) is 1. The Morgan fingerprint density at radius 1 is 1.20 bits per heavy atom. The topological polar surface area (TPSA) is 77.2 Å². The third-order valence-corrected chi connectivity index (χ3v) is 8.42. The molecule has 4 rings (SSSR count). The highest BCUT2D eigenvalue weighted by molar-refractivity contribution is 5.68. The van der Waals surface area contributed by atoms with Crippen molar-refractivity contribution in [2.24, 2.45) is 17.3 Å². The van der Waals surface area contributed by atoms with Crippen molar-refractivity contribution >= 4 is 5.97 Å². The monoisotopic (exact) mass is 481 g/mol. The van der Waals surface area contributed by atoms with Crippen molar-refractivity contribution in [1.82, 2.24) is 15.0 Å². The first-order valence-electron chi connectivity index (χ1n) is 13.5. The SMILES string of the molecule is CC(C)C(C)(C)CC1CC(n2nnc([C@@H](CCCOCc3ccccc3)CC(=O)O)c2C2CC2)C1. The lowest BCUT2D eigenvalue weighted by Gasteiger charge is -2.42. The fourth-order valence-electron chi connectivity index (χ4n) is 5.42. The highest BCUT2D eigenvalue weighted by Crippen LogP contribution is 2.50. The van der Waals surface area contributed by atoms with Crippen LogP contribution in [-0.2, 0) is 16.1 Å². The molecule has 192 valence electrons. The molecule has 0 bridgehead atoms. The molecule has 2 aliphatic carbocycles. The third kappa shape index (κ3) is 6.72. The molecule has 1 heterocycles. The summed E-state index contributed by atoms with van der Waals surface area (Å²) in [5.74, 6) is 1.05. The van der Waals surface area contributed by atoms with E-state index in [2.05, 4.69) is 54.8 Å². The maximum Gasteiger partial charge on any atom is 0.304 e. The molecular weight excluding hydrogens is 438 g/mol. The quantitative estimate of drug-likeness (QED) is 0.303. The molecule has 1 aromatic heterocycles. The van der Waals surface area contributed by atoms with Gasteiger partial charge in [0, 0.05) is 18.4 Å². The number of hydrogen-bond acceptors (Lipinski definition) is 4. The number of carboxylic acids is 1. The fraction of sp³-hybridized carbons (Fsp3) is 0.690. The third-order valence-electron chi connectivity index (χ3n) is 8.42. The van der Waals surface area contributed by atoms with Gasteiger partial charge < -0.3 is 9.84 Å². The van der Waals surface area contributed by atoms with E-state index in [0.29, 0.717) is 36.5 Å². The van der Waals surface area contributed by atoms with Crippen LogP contribution in [0.25, 0.3) is 0 Å². The van der Waals surface area contributed by atoms with Gasteiger partial charge in [-0.3, -0.25) is 4.79 Å². The predicted octanol–water partition coefficient (Wildman–Crippen LogP) is 6.73. The zero-order valence-corrected chi connectivity index (χ0v) is 21.9. The summed E-state index contributed by atoms with van der Waals surface area (Å²) in [6.07, 6.45) is 7.59. The zero-order chi connectivity index (χ0) is 25.0. The molecule has 0 radical (unpaired) electrons. The van der Waals surface area contributed by atoms with E-state index < -0.39 is 5.97 Å². The van der Waals surface area contributed by atoms with Crippen molar-refractivity contribution in [1.29, 1.82) is 0 Å². The van der Waals surface area contributed by atoms with Crippen LogP contribution in [0.15, 0.2) is 30.3 Å². The second-order valence-electron chi connectivity index (χ2n) is 11.9. The number of ether oxygens (including phenoxy) is 1. The first kappa shape index (κ1) is 25.9. The first-order valence-corrected chi connectivity index (χ1v) is 13.5. The highest BCUT2D eigenvalue weighted by Gasteiger charge is 2.41. The van der Waals surface area contributed by atoms with Gasteiger partial charge in [-0.05, 0) is 67.8 Å². The summed E-state index contributed by atoms with van der Waals surface area (Å²) in [7, 11) is 0. The lowest BCUT2D eigenvalue weighted by Crippen LogP contribution is -2.33. The molecule has 0 saturated heterocycles. The number of rotatable bonds is 14. The van der Waals surface area contributed by atoms with E-state index >= 15 is 0 Å². The first-order chi connectivity index (χ1) is 16.7. The minimum Gasteiger partial charge on any atom is -0.481 e. The lowest BCUT2D eigenvalue weighted by atomic mass is 9.67. The Balaban J connectivity index is 1.37. The second kappa shape index (κ2) is 11.2.